The van der Waals surface area contributed by atoms with Gasteiger partial charge in [0, 0.05) is 0 Å². The van der Waals surface area contributed by atoms with Crippen molar-refractivity contribution < 1.29 is 9.21 Å². The van der Waals surface area contributed by atoms with Crippen molar-refractivity contribution >= 4 is 5.91 Å². The molecule has 2 aromatic rings. The van der Waals surface area contributed by atoms with E-state index in [4.69, 9.17) is 4.42 Å². The summed E-state index contributed by atoms with van der Waals surface area (Å²) < 4.78 is 5.51. The maximum absolute atomic E-state index is 12.6. The van der Waals surface area contributed by atoms with E-state index in [0.717, 1.165) is 30.7 Å². The Bertz CT molecular complexity index is 587. The fraction of sp³-hybridized carbons (Fsp3) is 0.353. The van der Waals surface area contributed by atoms with Gasteiger partial charge in [-0.1, -0.05) is 30.3 Å². The number of nitrogens with one attached hydrogen (secondary N) is 2. The van der Waals surface area contributed by atoms with E-state index >= 15 is 0 Å². The second kappa shape index (κ2) is 5.74. The van der Waals surface area contributed by atoms with Crippen molar-refractivity contribution in [3.05, 3.63) is 60.1 Å². The third-order valence-electron chi connectivity index (χ3n) is 4.11. The van der Waals surface area contributed by atoms with Crippen LogP contribution in [0.2, 0.25) is 0 Å². The first-order chi connectivity index (χ1) is 10.2. The predicted octanol–water partition coefficient (Wildman–Crippen LogP) is 2.63. The molecule has 2 heterocycles. The van der Waals surface area contributed by atoms with E-state index in [9.17, 15) is 4.79 Å². The van der Waals surface area contributed by atoms with Crippen molar-refractivity contribution in [3.8, 4) is 0 Å². The first kappa shape index (κ1) is 13.9. The van der Waals surface area contributed by atoms with Crippen LogP contribution in [-0.4, -0.2) is 18.0 Å². The van der Waals surface area contributed by atoms with E-state index in [-0.39, 0.29) is 11.9 Å². The molecule has 2 N–H and O–H groups in total. The van der Waals surface area contributed by atoms with E-state index in [2.05, 4.69) is 10.6 Å². The van der Waals surface area contributed by atoms with Crippen LogP contribution in [-0.2, 0) is 4.79 Å². The van der Waals surface area contributed by atoms with Gasteiger partial charge in [-0.25, -0.2) is 0 Å². The lowest BCUT2D eigenvalue weighted by molar-refractivity contribution is -0.127. The highest BCUT2D eigenvalue weighted by atomic mass is 16.3. The maximum Gasteiger partial charge on any atom is 0.240 e. The van der Waals surface area contributed by atoms with E-state index in [1.165, 1.54) is 0 Å². The van der Waals surface area contributed by atoms with Crippen molar-refractivity contribution in [2.24, 2.45) is 0 Å². The van der Waals surface area contributed by atoms with Crippen LogP contribution in [0.15, 0.2) is 53.1 Å². The van der Waals surface area contributed by atoms with Crippen molar-refractivity contribution in [3.63, 3.8) is 0 Å². The highest BCUT2D eigenvalue weighted by molar-refractivity contribution is 5.86. The molecule has 110 valence electrons. The standard InChI is InChI=1S/C17H20N2O2/c1-17(10-6-11-18-17)16(20)19-15(14-9-5-12-21-14)13-7-3-2-4-8-13/h2-5,7-9,12,15,18H,6,10-11H2,1H3,(H,19,20). The van der Waals surface area contributed by atoms with Crippen LogP contribution in [0, 0.1) is 0 Å². The van der Waals surface area contributed by atoms with Gasteiger partial charge in [0.05, 0.1) is 11.8 Å². The number of benzene rings is 1. The average Bonchev–Trinajstić information content (AvgIpc) is 3.17. The Hall–Kier alpha value is -2.07. The largest absolute Gasteiger partial charge is 0.467 e. The van der Waals surface area contributed by atoms with Gasteiger partial charge < -0.3 is 15.1 Å². The number of furan rings is 1. The third-order valence-corrected chi connectivity index (χ3v) is 4.11. The van der Waals surface area contributed by atoms with Gasteiger partial charge in [0.2, 0.25) is 5.91 Å². The molecule has 3 rings (SSSR count). The molecule has 0 spiro atoms. The molecule has 1 saturated heterocycles. The summed E-state index contributed by atoms with van der Waals surface area (Å²) in [4.78, 5) is 12.6. The molecule has 1 aromatic heterocycles. The molecular formula is C17H20N2O2. The molecule has 0 saturated carbocycles. The monoisotopic (exact) mass is 284 g/mol. The fourth-order valence-corrected chi connectivity index (χ4v) is 2.80. The average molecular weight is 284 g/mol. The lowest BCUT2D eigenvalue weighted by Crippen LogP contribution is -2.52. The van der Waals surface area contributed by atoms with Crippen LogP contribution in [0.1, 0.15) is 37.1 Å². The number of rotatable bonds is 4. The summed E-state index contributed by atoms with van der Waals surface area (Å²) in [5, 5.41) is 6.42. The molecule has 1 amide bonds. The Morgan fingerprint density at radius 3 is 2.71 bits per heavy atom. The Labute approximate surface area is 124 Å². The molecule has 1 aliphatic rings. The summed E-state index contributed by atoms with van der Waals surface area (Å²) in [5.74, 6) is 0.765. The van der Waals surface area contributed by atoms with Crippen LogP contribution in [0.5, 0.6) is 0 Å². The smallest absolute Gasteiger partial charge is 0.240 e. The normalized spacial score (nSPS) is 22.9. The van der Waals surface area contributed by atoms with Crippen molar-refractivity contribution in [2.75, 3.05) is 6.54 Å². The van der Waals surface area contributed by atoms with Crippen LogP contribution in [0.25, 0.3) is 0 Å². The highest BCUT2D eigenvalue weighted by Crippen LogP contribution is 2.25. The summed E-state index contributed by atoms with van der Waals surface area (Å²) in [7, 11) is 0. The number of amides is 1. The van der Waals surface area contributed by atoms with Gasteiger partial charge in [-0.05, 0) is 44.0 Å². The quantitative estimate of drug-likeness (QED) is 0.907. The maximum atomic E-state index is 12.6. The van der Waals surface area contributed by atoms with Crippen molar-refractivity contribution in [1.82, 2.24) is 10.6 Å². The van der Waals surface area contributed by atoms with Crippen LogP contribution >= 0.6 is 0 Å². The lowest BCUT2D eigenvalue weighted by atomic mass is 9.97. The summed E-state index contributed by atoms with van der Waals surface area (Å²) >= 11 is 0. The number of hydrogen-bond acceptors (Lipinski definition) is 3. The first-order valence-electron chi connectivity index (χ1n) is 7.33. The van der Waals surface area contributed by atoms with Crippen molar-refractivity contribution in [2.45, 2.75) is 31.3 Å². The Kier molecular flexibility index (Phi) is 3.80. The SMILES string of the molecule is CC1(C(=O)NC(c2ccccc2)c2ccco2)CCCN1. The Morgan fingerprint density at radius 2 is 2.10 bits per heavy atom. The molecule has 1 aliphatic heterocycles. The van der Waals surface area contributed by atoms with E-state index < -0.39 is 5.54 Å². The molecule has 2 atom stereocenters. The zero-order valence-corrected chi connectivity index (χ0v) is 12.1. The molecule has 4 nitrogen and oxygen atoms in total. The van der Waals surface area contributed by atoms with E-state index in [1.54, 1.807) is 6.26 Å². The molecule has 0 aliphatic carbocycles. The Morgan fingerprint density at radius 1 is 1.29 bits per heavy atom. The summed E-state index contributed by atoms with van der Waals surface area (Å²) in [6, 6.07) is 13.4. The van der Waals surface area contributed by atoms with E-state index in [1.807, 2.05) is 49.4 Å². The summed E-state index contributed by atoms with van der Waals surface area (Å²) in [6.45, 7) is 2.85. The molecule has 4 heteroatoms. The minimum atomic E-state index is -0.486. The van der Waals surface area contributed by atoms with Gasteiger partial charge in [-0.2, -0.15) is 0 Å². The molecule has 0 radical (unpaired) electrons. The first-order valence-corrected chi connectivity index (χ1v) is 7.33. The lowest BCUT2D eigenvalue weighted by Gasteiger charge is -2.26. The van der Waals surface area contributed by atoms with Crippen LogP contribution in [0.4, 0.5) is 0 Å². The van der Waals surface area contributed by atoms with Gasteiger partial charge in [0.1, 0.15) is 11.8 Å². The summed E-state index contributed by atoms with van der Waals surface area (Å²) in [6.07, 6.45) is 3.52. The van der Waals surface area contributed by atoms with Crippen molar-refractivity contribution in [1.29, 1.82) is 0 Å². The molecule has 1 aromatic carbocycles. The van der Waals surface area contributed by atoms with Gasteiger partial charge in [-0.15, -0.1) is 0 Å². The predicted molar refractivity (Wildman–Crippen MR) is 80.8 cm³/mol. The van der Waals surface area contributed by atoms with Crippen LogP contribution in [0.3, 0.4) is 0 Å². The molecule has 0 bridgehead atoms. The molecule has 2 unspecified atom stereocenters. The van der Waals surface area contributed by atoms with Gasteiger partial charge in [-0.3, -0.25) is 4.79 Å². The number of carbonyl (C=O) groups excluding carboxylic acids is 1. The third kappa shape index (κ3) is 2.85. The van der Waals surface area contributed by atoms with Gasteiger partial charge >= 0.3 is 0 Å². The highest BCUT2D eigenvalue weighted by Gasteiger charge is 2.37. The zero-order chi connectivity index (χ0) is 14.7. The molecule has 21 heavy (non-hydrogen) atoms. The topological polar surface area (TPSA) is 54.3 Å². The number of carbonyl (C=O) groups is 1. The molecular weight excluding hydrogens is 264 g/mol. The second-order valence-corrected chi connectivity index (χ2v) is 5.70. The number of hydrogen-bond donors (Lipinski definition) is 2. The fourth-order valence-electron chi connectivity index (χ4n) is 2.80. The summed E-state index contributed by atoms with van der Waals surface area (Å²) in [5.41, 5.74) is 0.530. The molecule has 1 fully saturated rings. The zero-order valence-electron chi connectivity index (χ0n) is 12.1. The van der Waals surface area contributed by atoms with Crippen LogP contribution < -0.4 is 10.6 Å². The minimum absolute atomic E-state index is 0.0188. The van der Waals surface area contributed by atoms with E-state index in [0.29, 0.717) is 0 Å². The Balaban J connectivity index is 1.85. The minimum Gasteiger partial charge on any atom is -0.467 e. The van der Waals surface area contributed by atoms with Gasteiger partial charge in [0.25, 0.3) is 0 Å². The van der Waals surface area contributed by atoms with Gasteiger partial charge in [0.15, 0.2) is 0 Å². The second-order valence-electron chi connectivity index (χ2n) is 5.70.